The van der Waals surface area contributed by atoms with Crippen LogP contribution in [0.5, 0.6) is 5.75 Å². The maximum Gasteiger partial charge on any atom is 0.181 e. The van der Waals surface area contributed by atoms with Crippen LogP contribution >= 0.6 is 0 Å². The highest BCUT2D eigenvalue weighted by Gasteiger charge is 2.18. The Bertz CT molecular complexity index is 545. The standard InChI is InChI=1S/C14H17N3O/c1-10-3-8-13-15-14(16-17(13)9-10)11-4-6-12(18-2)7-5-11/h4-7,10H,3,8-9H2,1-2H3. The molecule has 18 heavy (non-hydrogen) atoms. The van der Waals surface area contributed by atoms with E-state index < -0.39 is 0 Å². The Kier molecular flexibility index (Phi) is 2.78. The van der Waals surface area contributed by atoms with Crippen LogP contribution in [-0.4, -0.2) is 21.9 Å². The first-order chi connectivity index (χ1) is 8.76. The van der Waals surface area contributed by atoms with Gasteiger partial charge in [0.05, 0.1) is 7.11 Å². The summed E-state index contributed by atoms with van der Waals surface area (Å²) in [6, 6.07) is 7.89. The van der Waals surface area contributed by atoms with Crippen molar-refractivity contribution in [2.75, 3.05) is 7.11 Å². The van der Waals surface area contributed by atoms with Gasteiger partial charge in [-0.1, -0.05) is 6.92 Å². The first-order valence-electron chi connectivity index (χ1n) is 6.34. The minimum Gasteiger partial charge on any atom is -0.497 e. The molecule has 0 N–H and O–H groups in total. The maximum absolute atomic E-state index is 5.15. The van der Waals surface area contributed by atoms with E-state index in [1.165, 1.54) is 6.42 Å². The van der Waals surface area contributed by atoms with Gasteiger partial charge < -0.3 is 4.74 Å². The molecule has 0 radical (unpaired) electrons. The number of aromatic nitrogens is 3. The van der Waals surface area contributed by atoms with Gasteiger partial charge in [0.25, 0.3) is 0 Å². The lowest BCUT2D eigenvalue weighted by Crippen LogP contribution is -2.18. The van der Waals surface area contributed by atoms with Gasteiger partial charge in [-0.05, 0) is 36.6 Å². The van der Waals surface area contributed by atoms with Crippen molar-refractivity contribution in [3.05, 3.63) is 30.1 Å². The van der Waals surface area contributed by atoms with Crippen LogP contribution < -0.4 is 4.74 Å². The third-order valence-corrected chi connectivity index (χ3v) is 3.44. The van der Waals surface area contributed by atoms with E-state index in [0.717, 1.165) is 35.9 Å². The first-order valence-corrected chi connectivity index (χ1v) is 6.34. The molecule has 0 amide bonds. The maximum atomic E-state index is 5.15. The average molecular weight is 243 g/mol. The number of ether oxygens (including phenoxy) is 1. The molecule has 2 aromatic rings. The van der Waals surface area contributed by atoms with E-state index in [2.05, 4.69) is 17.0 Å². The van der Waals surface area contributed by atoms with Crippen molar-refractivity contribution in [3.8, 4) is 17.1 Å². The van der Waals surface area contributed by atoms with Gasteiger partial charge in [0.2, 0.25) is 0 Å². The second kappa shape index (κ2) is 4.44. The van der Waals surface area contributed by atoms with E-state index in [4.69, 9.17) is 4.74 Å². The molecule has 1 aliphatic rings. The number of aryl methyl sites for hydroxylation is 1. The molecule has 1 unspecified atom stereocenters. The fraction of sp³-hybridized carbons (Fsp3) is 0.429. The predicted molar refractivity (Wildman–Crippen MR) is 69.5 cm³/mol. The zero-order valence-corrected chi connectivity index (χ0v) is 10.8. The smallest absolute Gasteiger partial charge is 0.181 e. The van der Waals surface area contributed by atoms with E-state index in [-0.39, 0.29) is 0 Å². The molecule has 0 fully saturated rings. The third kappa shape index (κ3) is 1.98. The number of rotatable bonds is 2. The summed E-state index contributed by atoms with van der Waals surface area (Å²) in [7, 11) is 1.67. The number of hydrogen-bond donors (Lipinski definition) is 0. The van der Waals surface area contributed by atoms with Crippen molar-refractivity contribution in [2.24, 2.45) is 5.92 Å². The van der Waals surface area contributed by atoms with Crippen LogP contribution in [0.3, 0.4) is 0 Å². The lowest BCUT2D eigenvalue weighted by Gasteiger charge is -2.17. The van der Waals surface area contributed by atoms with Crippen LogP contribution in [0.1, 0.15) is 19.2 Å². The largest absolute Gasteiger partial charge is 0.497 e. The first kappa shape index (κ1) is 11.3. The van der Waals surface area contributed by atoms with Crippen LogP contribution in [0.15, 0.2) is 24.3 Å². The normalized spacial score (nSPS) is 18.4. The minimum atomic E-state index is 0.697. The number of methoxy groups -OCH3 is 1. The summed E-state index contributed by atoms with van der Waals surface area (Å²) in [6.07, 6.45) is 2.24. The van der Waals surface area contributed by atoms with E-state index in [1.54, 1.807) is 7.11 Å². The third-order valence-electron chi connectivity index (χ3n) is 3.44. The summed E-state index contributed by atoms with van der Waals surface area (Å²) in [5, 5.41) is 4.59. The Hall–Kier alpha value is -1.84. The van der Waals surface area contributed by atoms with Crippen molar-refractivity contribution in [3.63, 3.8) is 0 Å². The van der Waals surface area contributed by atoms with Crippen LogP contribution in [-0.2, 0) is 13.0 Å². The topological polar surface area (TPSA) is 39.9 Å². The van der Waals surface area contributed by atoms with Gasteiger partial charge in [0.15, 0.2) is 5.82 Å². The summed E-state index contributed by atoms with van der Waals surface area (Å²) in [5.41, 5.74) is 1.05. The van der Waals surface area contributed by atoms with Gasteiger partial charge in [-0.15, -0.1) is 0 Å². The molecule has 94 valence electrons. The van der Waals surface area contributed by atoms with Crippen LogP contribution in [0.4, 0.5) is 0 Å². The molecule has 0 bridgehead atoms. The van der Waals surface area contributed by atoms with E-state index in [1.807, 2.05) is 28.9 Å². The second-order valence-corrected chi connectivity index (χ2v) is 4.91. The Morgan fingerprint density at radius 2 is 2.06 bits per heavy atom. The number of nitrogens with zero attached hydrogens (tertiary/aromatic N) is 3. The van der Waals surface area contributed by atoms with Gasteiger partial charge in [0.1, 0.15) is 11.6 Å². The van der Waals surface area contributed by atoms with Gasteiger partial charge >= 0.3 is 0 Å². The molecule has 3 rings (SSSR count). The summed E-state index contributed by atoms with van der Waals surface area (Å²) in [4.78, 5) is 4.62. The molecule has 0 spiro atoms. The van der Waals surface area contributed by atoms with Crippen molar-refractivity contribution in [2.45, 2.75) is 26.3 Å². The van der Waals surface area contributed by atoms with Crippen LogP contribution in [0.25, 0.3) is 11.4 Å². The van der Waals surface area contributed by atoms with Crippen LogP contribution in [0, 0.1) is 5.92 Å². The highest BCUT2D eigenvalue weighted by molar-refractivity contribution is 5.55. The van der Waals surface area contributed by atoms with Gasteiger partial charge in [-0.2, -0.15) is 5.10 Å². The quantitative estimate of drug-likeness (QED) is 0.813. The molecule has 0 aliphatic carbocycles. The Labute approximate surface area is 107 Å². The Morgan fingerprint density at radius 1 is 1.28 bits per heavy atom. The molecular weight excluding hydrogens is 226 g/mol. The zero-order chi connectivity index (χ0) is 12.5. The Morgan fingerprint density at radius 3 is 2.78 bits per heavy atom. The summed E-state index contributed by atoms with van der Waals surface area (Å²) in [6.45, 7) is 3.25. The summed E-state index contributed by atoms with van der Waals surface area (Å²) < 4.78 is 7.20. The molecule has 1 aromatic heterocycles. The highest BCUT2D eigenvalue weighted by atomic mass is 16.5. The number of benzene rings is 1. The highest BCUT2D eigenvalue weighted by Crippen LogP contribution is 2.23. The molecule has 0 saturated heterocycles. The van der Waals surface area contributed by atoms with Crippen molar-refractivity contribution in [1.82, 2.24) is 14.8 Å². The minimum absolute atomic E-state index is 0.697. The number of fused-ring (bicyclic) bond motifs is 1. The van der Waals surface area contributed by atoms with E-state index in [0.29, 0.717) is 5.92 Å². The lowest BCUT2D eigenvalue weighted by molar-refractivity contribution is 0.368. The zero-order valence-electron chi connectivity index (χ0n) is 10.8. The fourth-order valence-corrected chi connectivity index (χ4v) is 2.33. The summed E-state index contributed by atoms with van der Waals surface area (Å²) >= 11 is 0. The van der Waals surface area contributed by atoms with Crippen molar-refractivity contribution < 1.29 is 4.74 Å². The van der Waals surface area contributed by atoms with Gasteiger partial charge in [-0.25, -0.2) is 9.67 Å². The predicted octanol–water partition coefficient (Wildman–Crippen LogP) is 2.54. The van der Waals surface area contributed by atoms with E-state index in [9.17, 15) is 0 Å². The molecule has 4 nitrogen and oxygen atoms in total. The molecule has 2 heterocycles. The second-order valence-electron chi connectivity index (χ2n) is 4.91. The monoisotopic (exact) mass is 243 g/mol. The molecule has 1 atom stereocenters. The number of hydrogen-bond acceptors (Lipinski definition) is 3. The molecule has 0 saturated carbocycles. The molecule has 1 aromatic carbocycles. The molecular formula is C14H17N3O. The van der Waals surface area contributed by atoms with Crippen molar-refractivity contribution in [1.29, 1.82) is 0 Å². The van der Waals surface area contributed by atoms with Gasteiger partial charge in [-0.3, -0.25) is 0 Å². The molecule has 4 heteroatoms. The Balaban J connectivity index is 1.92. The fourth-order valence-electron chi connectivity index (χ4n) is 2.33. The van der Waals surface area contributed by atoms with E-state index >= 15 is 0 Å². The summed E-state index contributed by atoms with van der Waals surface area (Å²) in [5.74, 6) is 3.49. The lowest BCUT2D eigenvalue weighted by atomic mass is 10.0. The van der Waals surface area contributed by atoms with Gasteiger partial charge in [0, 0.05) is 18.5 Å². The molecule has 1 aliphatic heterocycles. The average Bonchev–Trinajstić information content (AvgIpc) is 2.81. The SMILES string of the molecule is COc1ccc(-c2nc3n(n2)CC(C)CC3)cc1. The van der Waals surface area contributed by atoms with Crippen LogP contribution in [0.2, 0.25) is 0 Å². The van der Waals surface area contributed by atoms with Crippen molar-refractivity contribution >= 4 is 0 Å².